The number of hydrogen-bond donors (Lipinski definition) is 1. The number of benzene rings is 1. The lowest BCUT2D eigenvalue weighted by molar-refractivity contribution is 0.888. The van der Waals surface area contributed by atoms with Gasteiger partial charge in [0.05, 0.1) is 10.6 Å². The van der Waals surface area contributed by atoms with Crippen LogP contribution in [0.2, 0.25) is 0 Å². The van der Waals surface area contributed by atoms with Gasteiger partial charge >= 0.3 is 0 Å². The van der Waals surface area contributed by atoms with Crippen LogP contribution in [0.5, 0.6) is 0 Å². The van der Waals surface area contributed by atoms with Crippen molar-refractivity contribution in [2.45, 2.75) is 33.6 Å². The van der Waals surface area contributed by atoms with Crippen LogP contribution in [0.15, 0.2) is 30.3 Å². The topological polar surface area (TPSA) is 38.9 Å². The van der Waals surface area contributed by atoms with E-state index in [1.54, 1.807) is 22.7 Å². The molecule has 106 valence electrons. The largest absolute Gasteiger partial charge is 0.375 e. The standard InChI is InChI=1S/C14H14N2S2.C2H6/c1-8(2)13-12(16-14(15)18-13)11-7-9-5-3-4-6-10(9)17-11;1-2/h3-8H,1-2H3,(H2,15,16);1-2H3. The van der Waals surface area contributed by atoms with Crippen molar-refractivity contribution in [3.8, 4) is 10.6 Å². The van der Waals surface area contributed by atoms with E-state index in [0.29, 0.717) is 11.0 Å². The summed E-state index contributed by atoms with van der Waals surface area (Å²) in [5, 5.41) is 1.94. The molecule has 0 aliphatic carbocycles. The lowest BCUT2D eigenvalue weighted by atomic mass is 10.1. The molecule has 3 rings (SSSR count). The third-order valence-corrected chi connectivity index (χ3v) is 5.16. The molecule has 0 atom stereocenters. The highest BCUT2D eigenvalue weighted by atomic mass is 32.1. The number of anilines is 1. The molecule has 4 heteroatoms. The Kier molecular flexibility index (Phi) is 4.78. The molecule has 20 heavy (non-hydrogen) atoms. The van der Waals surface area contributed by atoms with E-state index >= 15 is 0 Å². The first-order chi connectivity index (χ1) is 9.65. The quantitative estimate of drug-likeness (QED) is 0.654. The van der Waals surface area contributed by atoms with Crippen molar-refractivity contribution in [3.05, 3.63) is 35.2 Å². The number of hydrogen-bond acceptors (Lipinski definition) is 4. The molecule has 0 radical (unpaired) electrons. The molecule has 2 aromatic heterocycles. The molecular weight excluding hydrogens is 284 g/mol. The molecule has 0 saturated heterocycles. The van der Waals surface area contributed by atoms with Gasteiger partial charge < -0.3 is 5.73 Å². The number of thiazole rings is 1. The van der Waals surface area contributed by atoms with E-state index in [-0.39, 0.29) is 0 Å². The van der Waals surface area contributed by atoms with Crippen LogP contribution in [0.1, 0.15) is 38.5 Å². The minimum absolute atomic E-state index is 0.458. The van der Waals surface area contributed by atoms with Gasteiger partial charge in [-0.25, -0.2) is 4.98 Å². The summed E-state index contributed by atoms with van der Waals surface area (Å²) < 4.78 is 1.30. The van der Waals surface area contributed by atoms with Crippen LogP contribution in [0.3, 0.4) is 0 Å². The van der Waals surface area contributed by atoms with Crippen LogP contribution >= 0.6 is 22.7 Å². The van der Waals surface area contributed by atoms with Crippen molar-refractivity contribution in [1.82, 2.24) is 4.98 Å². The van der Waals surface area contributed by atoms with Gasteiger partial charge in [-0.15, -0.1) is 22.7 Å². The summed E-state index contributed by atoms with van der Waals surface area (Å²) in [6, 6.07) is 10.6. The Morgan fingerprint density at radius 3 is 2.45 bits per heavy atom. The Morgan fingerprint density at radius 2 is 1.80 bits per heavy atom. The maximum absolute atomic E-state index is 5.86. The summed E-state index contributed by atoms with van der Waals surface area (Å²) in [6.45, 7) is 8.37. The number of fused-ring (bicyclic) bond motifs is 1. The van der Waals surface area contributed by atoms with E-state index in [1.165, 1.54) is 19.8 Å². The van der Waals surface area contributed by atoms with Gasteiger partial charge in [0.2, 0.25) is 0 Å². The molecule has 0 fully saturated rings. The minimum Gasteiger partial charge on any atom is -0.375 e. The van der Waals surface area contributed by atoms with E-state index in [1.807, 2.05) is 13.8 Å². The van der Waals surface area contributed by atoms with Gasteiger partial charge in [-0.1, -0.05) is 45.9 Å². The second-order valence-corrected chi connectivity index (χ2v) is 6.71. The molecule has 0 unspecified atom stereocenters. The van der Waals surface area contributed by atoms with Gasteiger partial charge in [0.25, 0.3) is 0 Å². The summed E-state index contributed by atoms with van der Waals surface area (Å²) >= 11 is 3.38. The van der Waals surface area contributed by atoms with E-state index in [2.05, 4.69) is 49.2 Å². The zero-order chi connectivity index (χ0) is 14.7. The average Bonchev–Trinajstić information content (AvgIpc) is 3.03. The Labute approximate surface area is 128 Å². The number of thiophene rings is 1. The fraction of sp³-hybridized carbons (Fsp3) is 0.312. The predicted octanol–water partition coefficient (Wildman–Crippen LogP) is 5.76. The summed E-state index contributed by atoms with van der Waals surface area (Å²) in [6.07, 6.45) is 0. The summed E-state index contributed by atoms with van der Waals surface area (Å²) in [4.78, 5) is 7.00. The van der Waals surface area contributed by atoms with Crippen molar-refractivity contribution in [1.29, 1.82) is 0 Å². The first-order valence-electron chi connectivity index (χ1n) is 6.90. The SMILES string of the molecule is CC.CC(C)c1sc(N)nc1-c1cc2ccccc2s1. The zero-order valence-corrected chi connectivity index (χ0v) is 13.9. The first kappa shape index (κ1) is 15.0. The van der Waals surface area contributed by atoms with E-state index in [9.17, 15) is 0 Å². The van der Waals surface area contributed by atoms with Crippen molar-refractivity contribution < 1.29 is 0 Å². The third-order valence-electron chi connectivity index (χ3n) is 2.85. The first-order valence-corrected chi connectivity index (χ1v) is 8.53. The lowest BCUT2D eigenvalue weighted by Crippen LogP contribution is -1.86. The maximum Gasteiger partial charge on any atom is 0.180 e. The molecule has 2 heterocycles. The zero-order valence-electron chi connectivity index (χ0n) is 12.3. The Balaban J connectivity index is 0.000000704. The fourth-order valence-corrected chi connectivity index (χ4v) is 4.00. The Morgan fingerprint density at radius 1 is 1.10 bits per heavy atom. The summed E-state index contributed by atoms with van der Waals surface area (Å²) in [5.41, 5.74) is 6.92. The van der Waals surface area contributed by atoms with Crippen LogP contribution in [0, 0.1) is 0 Å². The summed E-state index contributed by atoms with van der Waals surface area (Å²) in [7, 11) is 0. The van der Waals surface area contributed by atoms with Crippen LogP contribution < -0.4 is 5.73 Å². The highest BCUT2D eigenvalue weighted by Gasteiger charge is 2.16. The minimum atomic E-state index is 0.458. The number of aromatic nitrogens is 1. The summed E-state index contributed by atoms with van der Waals surface area (Å²) in [5.74, 6) is 0.458. The van der Waals surface area contributed by atoms with Gasteiger partial charge in [-0.2, -0.15) is 0 Å². The van der Waals surface area contributed by atoms with Gasteiger partial charge in [-0.3, -0.25) is 0 Å². The average molecular weight is 304 g/mol. The number of nitrogen functional groups attached to an aromatic ring is 1. The van der Waals surface area contributed by atoms with Crippen molar-refractivity contribution in [2.24, 2.45) is 0 Å². The van der Waals surface area contributed by atoms with Gasteiger partial charge in [0, 0.05) is 9.58 Å². The molecule has 0 aliphatic rings. The highest BCUT2D eigenvalue weighted by Crippen LogP contribution is 2.40. The monoisotopic (exact) mass is 304 g/mol. The lowest BCUT2D eigenvalue weighted by Gasteiger charge is -2.02. The van der Waals surface area contributed by atoms with Crippen molar-refractivity contribution >= 4 is 37.9 Å². The second kappa shape index (κ2) is 6.37. The van der Waals surface area contributed by atoms with Gasteiger partial charge in [0.15, 0.2) is 5.13 Å². The maximum atomic E-state index is 5.86. The normalized spacial score (nSPS) is 10.7. The smallest absolute Gasteiger partial charge is 0.180 e. The molecule has 0 saturated carbocycles. The van der Waals surface area contributed by atoms with Gasteiger partial charge in [0.1, 0.15) is 0 Å². The van der Waals surface area contributed by atoms with Crippen molar-refractivity contribution in [3.63, 3.8) is 0 Å². The van der Waals surface area contributed by atoms with Crippen molar-refractivity contribution in [2.75, 3.05) is 5.73 Å². The number of rotatable bonds is 2. The molecule has 0 spiro atoms. The Hall–Kier alpha value is -1.39. The molecule has 0 aliphatic heterocycles. The number of nitrogens with zero attached hydrogens (tertiary/aromatic N) is 1. The number of nitrogens with two attached hydrogens (primary N) is 1. The predicted molar refractivity (Wildman–Crippen MR) is 92.8 cm³/mol. The second-order valence-electron chi connectivity index (χ2n) is 4.57. The van der Waals surface area contributed by atoms with Crippen LogP contribution in [-0.4, -0.2) is 4.98 Å². The fourth-order valence-electron chi connectivity index (χ4n) is 2.02. The van der Waals surface area contributed by atoms with E-state index < -0.39 is 0 Å². The molecule has 2 N–H and O–H groups in total. The van der Waals surface area contributed by atoms with E-state index in [4.69, 9.17) is 5.73 Å². The van der Waals surface area contributed by atoms with Gasteiger partial charge in [-0.05, 0) is 23.4 Å². The molecule has 0 bridgehead atoms. The highest BCUT2D eigenvalue weighted by molar-refractivity contribution is 7.22. The van der Waals surface area contributed by atoms with Crippen LogP contribution in [-0.2, 0) is 0 Å². The Bertz CT molecular complexity index is 662. The third kappa shape index (κ3) is 2.86. The molecule has 0 amide bonds. The van der Waals surface area contributed by atoms with Crippen LogP contribution in [0.4, 0.5) is 5.13 Å². The molecule has 3 aromatic rings. The van der Waals surface area contributed by atoms with Crippen LogP contribution in [0.25, 0.3) is 20.7 Å². The molecule has 1 aromatic carbocycles. The molecular formula is C16H20N2S2. The molecule has 2 nitrogen and oxygen atoms in total. The van der Waals surface area contributed by atoms with E-state index in [0.717, 1.165) is 5.69 Å².